The molecule has 0 radical (unpaired) electrons. The molecule has 0 amide bonds. The van der Waals surface area contributed by atoms with Gasteiger partial charge in [-0.05, 0) is 40.0 Å². The average molecular weight is 285 g/mol. The van der Waals surface area contributed by atoms with Crippen LogP contribution in [0.1, 0.15) is 18.9 Å². The highest BCUT2D eigenvalue weighted by atomic mass is 79.9. The van der Waals surface area contributed by atoms with Crippen molar-refractivity contribution in [1.29, 1.82) is 0 Å². The molecule has 0 saturated carbocycles. The number of halogens is 1. The Morgan fingerprint density at radius 2 is 2.12 bits per heavy atom. The van der Waals surface area contributed by atoms with Crippen LogP contribution in [-0.2, 0) is 4.74 Å². The van der Waals surface area contributed by atoms with Crippen molar-refractivity contribution in [3.63, 3.8) is 0 Å². The van der Waals surface area contributed by atoms with Crippen molar-refractivity contribution in [3.05, 3.63) is 36.4 Å². The first kappa shape index (κ1) is 13.3. The van der Waals surface area contributed by atoms with Gasteiger partial charge in [-0.3, -0.25) is 0 Å². The van der Waals surface area contributed by atoms with Crippen LogP contribution in [0.2, 0.25) is 0 Å². The number of hydrogen-bond acceptors (Lipinski definition) is 2. The Kier molecular flexibility index (Phi) is 6.19. The number of benzene rings is 1. The molecule has 1 aliphatic heterocycles. The average Bonchev–Trinajstić information content (AvgIpc) is 3.15. The van der Waals surface area contributed by atoms with Crippen molar-refractivity contribution in [2.45, 2.75) is 19.4 Å². The molecule has 0 spiro atoms. The molecular formula is C13H17BrO2. The second kappa shape index (κ2) is 7.47. The molecule has 1 unspecified atom stereocenters. The van der Waals surface area contributed by atoms with Gasteiger partial charge in [0.05, 0.1) is 12.7 Å². The number of epoxide rings is 1. The lowest BCUT2D eigenvalue weighted by Gasteiger charge is -2.00. The summed E-state index contributed by atoms with van der Waals surface area (Å²) in [6.45, 7) is 6.80. The Balaban J connectivity index is 0.000000212. The van der Waals surface area contributed by atoms with Gasteiger partial charge in [0, 0.05) is 0 Å². The van der Waals surface area contributed by atoms with E-state index in [0.717, 1.165) is 17.9 Å². The maximum Gasteiger partial charge on any atom is 0.143 e. The van der Waals surface area contributed by atoms with E-state index in [4.69, 9.17) is 9.47 Å². The van der Waals surface area contributed by atoms with E-state index in [1.165, 1.54) is 6.42 Å². The van der Waals surface area contributed by atoms with Crippen molar-refractivity contribution in [1.82, 2.24) is 0 Å². The van der Waals surface area contributed by atoms with Crippen LogP contribution in [0.25, 0.3) is 6.08 Å². The summed E-state index contributed by atoms with van der Waals surface area (Å²) in [7, 11) is 0. The summed E-state index contributed by atoms with van der Waals surface area (Å²) in [5.41, 5.74) is 1.63. The van der Waals surface area contributed by atoms with E-state index >= 15 is 0 Å². The Morgan fingerprint density at radius 3 is 2.44 bits per heavy atom. The van der Waals surface area contributed by atoms with Gasteiger partial charge in [-0.25, -0.2) is 0 Å². The molecule has 1 aromatic carbocycles. The van der Waals surface area contributed by atoms with Gasteiger partial charge in [-0.15, -0.1) is 0 Å². The molecule has 0 bridgehead atoms. The molecule has 2 rings (SSSR count). The summed E-state index contributed by atoms with van der Waals surface area (Å²) in [4.78, 5) is 0. The standard InChI is InChI=1S/C9H9BrO.C4H8O/c1-2-8-3-5-9(6-4-8)11-7-10;1-2-4-3-5-4/h2-6H,1,7H2;4H,2-3H2,1H3. The van der Waals surface area contributed by atoms with Crippen molar-refractivity contribution >= 4 is 22.0 Å². The molecule has 3 heteroatoms. The van der Waals surface area contributed by atoms with Crippen molar-refractivity contribution < 1.29 is 9.47 Å². The summed E-state index contributed by atoms with van der Waals surface area (Å²) in [6, 6.07) is 7.76. The van der Waals surface area contributed by atoms with E-state index in [0.29, 0.717) is 11.6 Å². The summed E-state index contributed by atoms with van der Waals surface area (Å²) in [5.74, 6) is 0.868. The highest BCUT2D eigenvalue weighted by Gasteiger charge is 2.18. The highest BCUT2D eigenvalue weighted by molar-refractivity contribution is 9.09. The predicted octanol–water partition coefficient (Wildman–Crippen LogP) is 3.86. The normalized spacial score (nSPS) is 17.0. The van der Waals surface area contributed by atoms with Crippen LogP contribution in [0.3, 0.4) is 0 Å². The minimum atomic E-state index is 0.528. The van der Waals surface area contributed by atoms with Gasteiger partial charge in [0.25, 0.3) is 0 Å². The minimum absolute atomic E-state index is 0.528. The third-order valence-corrected chi connectivity index (χ3v) is 2.42. The van der Waals surface area contributed by atoms with Gasteiger partial charge in [-0.1, -0.05) is 31.7 Å². The quantitative estimate of drug-likeness (QED) is 0.619. The summed E-state index contributed by atoms with van der Waals surface area (Å²) in [5, 5.41) is 0. The van der Waals surface area contributed by atoms with E-state index in [1.807, 2.05) is 24.3 Å². The van der Waals surface area contributed by atoms with Crippen LogP contribution in [0.5, 0.6) is 5.75 Å². The molecule has 1 heterocycles. The van der Waals surface area contributed by atoms with Crippen LogP contribution in [0.15, 0.2) is 30.8 Å². The van der Waals surface area contributed by atoms with Crippen molar-refractivity contribution in [2.75, 3.05) is 12.1 Å². The molecule has 1 aromatic rings. The van der Waals surface area contributed by atoms with Crippen molar-refractivity contribution in [3.8, 4) is 5.75 Å². The zero-order chi connectivity index (χ0) is 11.8. The second-order valence-corrected chi connectivity index (χ2v) is 3.85. The second-order valence-electron chi connectivity index (χ2n) is 3.39. The fourth-order valence-electron chi connectivity index (χ4n) is 1.07. The first-order valence-electron chi connectivity index (χ1n) is 5.33. The lowest BCUT2D eigenvalue weighted by molar-refractivity contribution is 0.398. The summed E-state index contributed by atoms with van der Waals surface area (Å²) in [6.07, 6.45) is 3.63. The maximum atomic E-state index is 5.19. The van der Waals surface area contributed by atoms with E-state index in [1.54, 1.807) is 6.08 Å². The molecule has 1 saturated heterocycles. The molecule has 1 fully saturated rings. The van der Waals surface area contributed by atoms with Gasteiger partial charge in [0.1, 0.15) is 11.3 Å². The zero-order valence-electron chi connectivity index (χ0n) is 9.49. The SMILES string of the molecule is C=Cc1ccc(OCBr)cc1.CCC1CO1. The van der Waals surface area contributed by atoms with Gasteiger partial charge in [0.2, 0.25) is 0 Å². The van der Waals surface area contributed by atoms with E-state index < -0.39 is 0 Å². The summed E-state index contributed by atoms with van der Waals surface area (Å²) >= 11 is 3.18. The molecule has 88 valence electrons. The lowest BCUT2D eigenvalue weighted by Crippen LogP contribution is -1.87. The molecule has 0 aromatic heterocycles. The molecule has 1 aliphatic rings. The molecule has 1 atom stereocenters. The zero-order valence-corrected chi connectivity index (χ0v) is 11.1. The predicted molar refractivity (Wildman–Crippen MR) is 71.0 cm³/mol. The van der Waals surface area contributed by atoms with Crippen LogP contribution in [0, 0.1) is 0 Å². The topological polar surface area (TPSA) is 21.8 Å². The van der Waals surface area contributed by atoms with Gasteiger partial charge >= 0.3 is 0 Å². The van der Waals surface area contributed by atoms with Crippen LogP contribution >= 0.6 is 15.9 Å². The van der Waals surface area contributed by atoms with Gasteiger partial charge in [-0.2, -0.15) is 0 Å². The Bertz CT molecular complexity index is 304. The van der Waals surface area contributed by atoms with E-state index in [2.05, 4.69) is 29.4 Å². The third kappa shape index (κ3) is 5.33. The Hall–Kier alpha value is -0.800. The highest BCUT2D eigenvalue weighted by Crippen LogP contribution is 2.13. The monoisotopic (exact) mass is 284 g/mol. The number of rotatable bonds is 4. The number of ether oxygens (including phenoxy) is 2. The number of alkyl halides is 1. The largest absolute Gasteiger partial charge is 0.482 e. The van der Waals surface area contributed by atoms with Gasteiger partial charge < -0.3 is 9.47 Å². The van der Waals surface area contributed by atoms with Crippen LogP contribution in [0.4, 0.5) is 0 Å². The Morgan fingerprint density at radius 1 is 1.50 bits per heavy atom. The van der Waals surface area contributed by atoms with E-state index in [9.17, 15) is 0 Å². The molecule has 2 nitrogen and oxygen atoms in total. The smallest absolute Gasteiger partial charge is 0.143 e. The molecule has 16 heavy (non-hydrogen) atoms. The molecule has 0 aliphatic carbocycles. The number of hydrogen-bond donors (Lipinski definition) is 0. The minimum Gasteiger partial charge on any atom is -0.482 e. The Labute approximate surface area is 105 Å². The fourth-order valence-corrected chi connectivity index (χ4v) is 1.33. The third-order valence-electron chi connectivity index (χ3n) is 2.19. The molecular weight excluding hydrogens is 268 g/mol. The van der Waals surface area contributed by atoms with Crippen LogP contribution in [-0.4, -0.2) is 18.2 Å². The first-order chi connectivity index (χ1) is 7.80. The maximum absolute atomic E-state index is 5.19. The van der Waals surface area contributed by atoms with E-state index in [-0.39, 0.29) is 0 Å². The van der Waals surface area contributed by atoms with Crippen molar-refractivity contribution in [2.24, 2.45) is 0 Å². The summed E-state index contributed by atoms with van der Waals surface area (Å²) < 4.78 is 10.0. The lowest BCUT2D eigenvalue weighted by atomic mass is 10.2. The van der Waals surface area contributed by atoms with Gasteiger partial charge in [0.15, 0.2) is 0 Å². The molecule has 0 N–H and O–H groups in total. The fraction of sp³-hybridized carbons (Fsp3) is 0.385. The van der Waals surface area contributed by atoms with Crippen LogP contribution < -0.4 is 4.74 Å². The first-order valence-corrected chi connectivity index (χ1v) is 6.45.